The largest absolute Gasteiger partial charge is 0.485 e. The van der Waals surface area contributed by atoms with Gasteiger partial charge in [-0.2, -0.15) is 4.31 Å². The van der Waals surface area contributed by atoms with Gasteiger partial charge >= 0.3 is 15.6 Å². The maximum atomic E-state index is 12.4. The molecule has 0 bridgehead atoms. The van der Waals surface area contributed by atoms with Gasteiger partial charge in [-0.25, -0.2) is 9.13 Å². The van der Waals surface area contributed by atoms with Crippen molar-refractivity contribution < 1.29 is 47.6 Å². The Bertz CT molecular complexity index is 1310. The van der Waals surface area contributed by atoms with Crippen LogP contribution in [0.2, 0.25) is 0 Å². The van der Waals surface area contributed by atoms with Gasteiger partial charge in [0.25, 0.3) is 0 Å². The summed E-state index contributed by atoms with van der Waals surface area (Å²) in [6, 6.07) is 10.8. The summed E-state index contributed by atoms with van der Waals surface area (Å²) in [6.45, 7) is 12.8. The predicted octanol–water partition coefficient (Wildman–Crippen LogP) is 4.92. The van der Waals surface area contributed by atoms with Crippen LogP contribution < -0.4 is 4.74 Å². The first-order chi connectivity index (χ1) is 19.4. The molecule has 2 rings (SSSR count). The molecule has 0 saturated carbocycles. The molecule has 0 aliphatic heterocycles. The van der Waals surface area contributed by atoms with Crippen molar-refractivity contribution in [2.24, 2.45) is 5.41 Å². The molecule has 0 aliphatic carbocycles. The lowest BCUT2D eigenvalue weighted by Gasteiger charge is -2.39. The first-order valence-corrected chi connectivity index (χ1v) is 15.7. The Kier molecular flexibility index (Phi) is 13.1. The van der Waals surface area contributed by atoms with Crippen molar-refractivity contribution in [3.05, 3.63) is 115 Å². The minimum absolute atomic E-state index is 0.378. The average molecular weight is 609 g/mol. The number of phosphoric acid groups is 2. The van der Waals surface area contributed by atoms with Crippen LogP contribution in [-0.4, -0.2) is 44.7 Å². The molecular formula is C29H38O10P2. The number of aliphatic hydroxyl groups excluding tert-OH is 2. The summed E-state index contributed by atoms with van der Waals surface area (Å²) in [7, 11) is -10.7. The zero-order valence-electron chi connectivity index (χ0n) is 22.8. The van der Waals surface area contributed by atoms with Gasteiger partial charge in [-0.15, -0.1) is 26.3 Å². The number of allylic oxidation sites excluding steroid dienone is 4. The van der Waals surface area contributed by atoms with E-state index in [9.17, 15) is 24.2 Å². The fourth-order valence-corrected chi connectivity index (χ4v) is 6.16. The van der Waals surface area contributed by atoms with Crippen molar-refractivity contribution in [2.45, 2.75) is 31.8 Å². The lowest BCUT2D eigenvalue weighted by molar-refractivity contribution is -0.0728. The van der Waals surface area contributed by atoms with E-state index in [0.717, 1.165) is 22.3 Å². The van der Waals surface area contributed by atoms with Crippen molar-refractivity contribution in [3.63, 3.8) is 0 Å². The molecule has 0 aromatic heterocycles. The van der Waals surface area contributed by atoms with Crippen LogP contribution in [-0.2, 0) is 43.6 Å². The van der Waals surface area contributed by atoms with Gasteiger partial charge in [0.05, 0.1) is 25.2 Å². The molecule has 0 spiro atoms. The van der Waals surface area contributed by atoms with Crippen molar-refractivity contribution in [1.82, 2.24) is 0 Å². The number of aliphatic hydroxyl groups is 2. The van der Waals surface area contributed by atoms with Gasteiger partial charge in [-0.05, 0) is 54.0 Å². The minimum Gasteiger partial charge on any atom is -0.485 e. The highest BCUT2D eigenvalue weighted by Gasteiger charge is 2.46. The molecule has 0 fully saturated rings. The van der Waals surface area contributed by atoms with Crippen molar-refractivity contribution in [2.75, 3.05) is 19.8 Å². The highest BCUT2D eigenvalue weighted by Crippen LogP contribution is 2.58. The van der Waals surface area contributed by atoms with Crippen molar-refractivity contribution in [3.8, 4) is 5.75 Å². The Morgan fingerprint density at radius 3 is 1.80 bits per heavy atom. The molecule has 41 heavy (non-hydrogen) atoms. The SMILES string of the molecule is C=CCc1cccc(OC(c2cccc(CC=C)c2CC=C)C(CO)(CO)COP(=O)(O)OP(=O)(O)O)c1CC=C. The van der Waals surface area contributed by atoms with E-state index >= 15 is 0 Å². The summed E-state index contributed by atoms with van der Waals surface area (Å²) in [5.74, 6) is 0.401. The highest BCUT2D eigenvalue weighted by atomic mass is 31.3. The Morgan fingerprint density at radius 1 is 0.780 bits per heavy atom. The second kappa shape index (κ2) is 15.6. The van der Waals surface area contributed by atoms with E-state index in [1.165, 1.54) is 0 Å². The zero-order chi connectivity index (χ0) is 30.7. The molecule has 0 amide bonds. The van der Waals surface area contributed by atoms with Crippen LogP contribution in [0.5, 0.6) is 5.75 Å². The van der Waals surface area contributed by atoms with E-state index in [-0.39, 0.29) is 0 Å². The summed E-state index contributed by atoms with van der Waals surface area (Å²) in [4.78, 5) is 28.0. The zero-order valence-corrected chi connectivity index (χ0v) is 24.6. The van der Waals surface area contributed by atoms with Crippen LogP contribution in [0.25, 0.3) is 0 Å². The topological polar surface area (TPSA) is 163 Å². The molecule has 12 heteroatoms. The molecule has 0 heterocycles. The van der Waals surface area contributed by atoms with Gasteiger partial charge < -0.3 is 29.6 Å². The monoisotopic (exact) mass is 608 g/mol. The summed E-state index contributed by atoms with van der Waals surface area (Å²) in [5.41, 5.74) is 2.05. The number of ether oxygens (including phenoxy) is 1. The number of hydrogen-bond donors (Lipinski definition) is 5. The predicted molar refractivity (Wildman–Crippen MR) is 157 cm³/mol. The van der Waals surface area contributed by atoms with E-state index in [1.807, 2.05) is 12.1 Å². The molecule has 2 atom stereocenters. The quantitative estimate of drug-likeness (QED) is 0.109. The van der Waals surface area contributed by atoms with E-state index in [2.05, 4.69) is 30.6 Å². The molecule has 2 aromatic carbocycles. The smallest absolute Gasteiger partial charge is 0.481 e. The fourth-order valence-electron chi connectivity index (χ4n) is 4.48. The molecule has 5 N–H and O–H groups in total. The van der Waals surface area contributed by atoms with Crippen LogP contribution in [0, 0.1) is 5.41 Å². The van der Waals surface area contributed by atoms with Crippen LogP contribution in [0.1, 0.15) is 33.9 Å². The van der Waals surface area contributed by atoms with Crippen LogP contribution in [0.15, 0.2) is 87.0 Å². The first kappa shape index (κ1) is 34.6. The maximum absolute atomic E-state index is 12.4. The molecule has 0 saturated heterocycles. The fraction of sp³-hybridized carbons (Fsp3) is 0.310. The van der Waals surface area contributed by atoms with Crippen LogP contribution in [0.3, 0.4) is 0 Å². The minimum atomic E-state index is -5.41. The average Bonchev–Trinajstić information content (AvgIpc) is 2.90. The normalized spacial score (nSPS) is 14.1. The summed E-state index contributed by atoms with van der Waals surface area (Å²) in [5, 5.41) is 21.3. The lowest BCUT2D eigenvalue weighted by atomic mass is 9.77. The second-order valence-corrected chi connectivity index (χ2v) is 12.2. The molecule has 2 unspecified atom stereocenters. The third kappa shape index (κ3) is 9.45. The molecule has 0 aliphatic rings. The third-order valence-electron chi connectivity index (χ3n) is 6.40. The highest BCUT2D eigenvalue weighted by molar-refractivity contribution is 7.60. The van der Waals surface area contributed by atoms with Crippen molar-refractivity contribution in [1.29, 1.82) is 0 Å². The standard InChI is InChI=1S/C29H38O10P2/c1-5-11-22-15-9-17-26(24(22)13-7-3)28(38-27-18-10-16-23(12-6-2)25(27)14-8-4)29(19-30,20-31)21-37-41(35,36)39-40(32,33)34/h5-10,15-18,28,30-31H,1-4,11-14,19-21H2,(H,35,36)(H2,32,33,34). The Morgan fingerprint density at radius 2 is 1.29 bits per heavy atom. The molecule has 224 valence electrons. The molecular weight excluding hydrogens is 570 g/mol. The van der Waals surface area contributed by atoms with Gasteiger partial charge in [0, 0.05) is 5.56 Å². The van der Waals surface area contributed by atoms with E-state index in [1.54, 1.807) is 48.6 Å². The van der Waals surface area contributed by atoms with Gasteiger partial charge in [0.2, 0.25) is 0 Å². The Labute approximate surface area is 240 Å². The van der Waals surface area contributed by atoms with Crippen LogP contribution in [0.4, 0.5) is 0 Å². The number of hydrogen-bond acceptors (Lipinski definition) is 7. The number of phosphoric ester groups is 1. The Hall–Kier alpha value is -2.62. The first-order valence-electron chi connectivity index (χ1n) is 12.7. The van der Waals surface area contributed by atoms with Gasteiger partial charge in [0.15, 0.2) is 0 Å². The van der Waals surface area contributed by atoms with E-state index < -0.39 is 47.0 Å². The lowest BCUT2D eigenvalue weighted by Crippen LogP contribution is -2.44. The number of rotatable bonds is 19. The van der Waals surface area contributed by atoms with Crippen LogP contribution >= 0.6 is 15.6 Å². The molecule has 0 radical (unpaired) electrons. The van der Waals surface area contributed by atoms with Gasteiger partial charge in [-0.1, -0.05) is 54.6 Å². The summed E-state index contributed by atoms with van der Waals surface area (Å²) >= 11 is 0. The van der Waals surface area contributed by atoms with E-state index in [0.29, 0.717) is 37.0 Å². The summed E-state index contributed by atoms with van der Waals surface area (Å²) in [6.07, 6.45) is 7.47. The molecule has 10 nitrogen and oxygen atoms in total. The third-order valence-corrected chi connectivity index (χ3v) is 8.53. The van der Waals surface area contributed by atoms with Crippen molar-refractivity contribution >= 4 is 15.6 Å². The van der Waals surface area contributed by atoms with Gasteiger partial charge in [-0.3, -0.25) is 4.52 Å². The summed E-state index contributed by atoms with van der Waals surface area (Å²) < 4.78 is 39.0. The second-order valence-electron chi connectivity index (χ2n) is 9.34. The Balaban J connectivity index is 2.81. The van der Waals surface area contributed by atoms with E-state index in [4.69, 9.17) is 19.0 Å². The molecule has 2 aromatic rings. The number of benzene rings is 2. The van der Waals surface area contributed by atoms with Gasteiger partial charge in [0.1, 0.15) is 11.9 Å². The maximum Gasteiger partial charge on any atom is 0.481 e.